The van der Waals surface area contributed by atoms with Crippen LogP contribution in [0.5, 0.6) is 0 Å². The van der Waals surface area contributed by atoms with Gasteiger partial charge >= 0.3 is 0 Å². The minimum absolute atomic E-state index is 0.0242. The maximum Gasteiger partial charge on any atom is 0.0194 e. The van der Waals surface area contributed by atoms with Crippen molar-refractivity contribution in [3.63, 3.8) is 0 Å². The fourth-order valence-corrected chi connectivity index (χ4v) is 9.58. The first-order valence-electron chi connectivity index (χ1n) is 15.8. The molecule has 0 saturated carbocycles. The first-order chi connectivity index (χ1) is 19.1. The van der Waals surface area contributed by atoms with E-state index in [1.807, 2.05) is 0 Å². The van der Waals surface area contributed by atoms with Gasteiger partial charge in [0.1, 0.15) is 0 Å². The van der Waals surface area contributed by atoms with Crippen molar-refractivity contribution in [3.05, 3.63) is 111 Å². The maximum absolute atomic E-state index is 4.88. The number of allylic oxidation sites excluding steroid dienone is 7. The second kappa shape index (κ2) is 9.86. The molecule has 3 aliphatic rings. The molecule has 2 aromatic rings. The number of benzene rings is 2. The van der Waals surface area contributed by atoms with Crippen LogP contribution in [0.2, 0.25) is 0 Å². The van der Waals surface area contributed by atoms with E-state index < -0.39 is 0 Å². The van der Waals surface area contributed by atoms with Crippen molar-refractivity contribution in [2.45, 2.75) is 101 Å². The lowest BCUT2D eigenvalue weighted by Crippen LogP contribution is -2.52. The van der Waals surface area contributed by atoms with Crippen molar-refractivity contribution in [3.8, 4) is 11.1 Å². The van der Waals surface area contributed by atoms with Crippen molar-refractivity contribution in [1.82, 2.24) is 0 Å². The molecule has 0 N–H and O–H groups in total. The minimum Gasteiger partial charge on any atom is -0.0955 e. The van der Waals surface area contributed by atoms with Crippen LogP contribution in [0, 0.1) is 29.1 Å². The van der Waals surface area contributed by atoms with Crippen molar-refractivity contribution in [2.75, 3.05) is 0 Å². The van der Waals surface area contributed by atoms with E-state index in [9.17, 15) is 0 Å². The molecule has 3 aliphatic carbocycles. The fourth-order valence-electron chi connectivity index (χ4n) is 9.58. The lowest BCUT2D eigenvalue weighted by Gasteiger charge is -2.62. The molecule has 0 fully saturated rings. The normalized spacial score (nSPS) is 27.7. The molecule has 0 radical (unpaired) electrons. The molecule has 0 spiro atoms. The standard InChI is InChI=1S/C41H52/c1-14-31-16-17-32(20-33(31)19-24(2)3)34-18-15-26(6)37-28(8)38-30(10)41(13)29(9)36(25(4)5)27(7)21-40(41,12)23-39(38,11)22-35(34)37/h15-18,20,24H,4,8-9,14,19,21-23H2,1-3,5-7,10-13H3/t39-,40+,41-/m1/s1. The molecule has 216 valence electrons. The molecule has 5 rings (SSSR count). The lowest BCUT2D eigenvalue weighted by atomic mass is 9.41. The summed E-state index contributed by atoms with van der Waals surface area (Å²) in [6, 6.07) is 11.9. The predicted octanol–water partition coefficient (Wildman–Crippen LogP) is 11.6. The minimum atomic E-state index is -0.122. The summed E-state index contributed by atoms with van der Waals surface area (Å²) in [5, 5.41) is 0. The number of hydrogen-bond acceptors (Lipinski definition) is 0. The SMILES string of the molecule is C=C(C)C1=C(C)C[C@@]2(C)C[C@@]3(C)Cc4c(-c5ccc(CC)c(CC(C)C)c5)ccc(C)c4C(=C)C3=C(C)[C@@]2(C)C1=C. The molecule has 0 heterocycles. The van der Waals surface area contributed by atoms with Crippen LogP contribution in [0.15, 0.2) is 83.5 Å². The number of hydrogen-bond donors (Lipinski definition) is 0. The molecular formula is C41H52. The molecule has 0 bridgehead atoms. The molecule has 3 atom stereocenters. The van der Waals surface area contributed by atoms with Gasteiger partial charge in [0.15, 0.2) is 0 Å². The van der Waals surface area contributed by atoms with E-state index in [0.29, 0.717) is 5.92 Å². The Morgan fingerprint density at radius 3 is 2.24 bits per heavy atom. The molecule has 0 amide bonds. The molecule has 0 nitrogen and oxygen atoms in total. The summed E-state index contributed by atoms with van der Waals surface area (Å²) in [5.74, 6) is 0.641. The van der Waals surface area contributed by atoms with E-state index in [1.165, 1.54) is 72.4 Å². The molecule has 0 heteroatoms. The van der Waals surface area contributed by atoms with Gasteiger partial charge in [-0.1, -0.05) is 108 Å². The third-order valence-corrected chi connectivity index (χ3v) is 11.3. The van der Waals surface area contributed by atoms with Gasteiger partial charge in [-0.15, -0.1) is 0 Å². The largest absolute Gasteiger partial charge is 0.0955 e. The average Bonchev–Trinajstić information content (AvgIpc) is 2.85. The van der Waals surface area contributed by atoms with E-state index in [-0.39, 0.29) is 16.2 Å². The topological polar surface area (TPSA) is 0 Å². The Hall–Kier alpha value is -2.86. The van der Waals surface area contributed by atoms with Crippen LogP contribution in [0.1, 0.15) is 103 Å². The zero-order valence-electron chi connectivity index (χ0n) is 27.6. The Kier molecular flexibility index (Phi) is 7.12. The van der Waals surface area contributed by atoms with Gasteiger partial charge in [0.05, 0.1) is 0 Å². The van der Waals surface area contributed by atoms with Gasteiger partial charge in [0, 0.05) is 5.41 Å². The van der Waals surface area contributed by atoms with Gasteiger partial charge in [0.2, 0.25) is 0 Å². The third-order valence-electron chi connectivity index (χ3n) is 11.3. The second-order valence-electron chi connectivity index (χ2n) is 14.9. The van der Waals surface area contributed by atoms with Gasteiger partial charge in [-0.05, 0) is 138 Å². The van der Waals surface area contributed by atoms with Gasteiger partial charge in [-0.2, -0.15) is 0 Å². The van der Waals surface area contributed by atoms with Crippen molar-refractivity contribution < 1.29 is 0 Å². The molecule has 0 aromatic heterocycles. The highest BCUT2D eigenvalue weighted by Gasteiger charge is 2.59. The average molecular weight is 545 g/mol. The molecule has 0 saturated heterocycles. The van der Waals surface area contributed by atoms with E-state index in [0.717, 1.165) is 37.7 Å². The summed E-state index contributed by atoms with van der Waals surface area (Å²) >= 11 is 0. The van der Waals surface area contributed by atoms with Crippen molar-refractivity contribution in [1.29, 1.82) is 0 Å². The van der Waals surface area contributed by atoms with Crippen molar-refractivity contribution >= 4 is 5.57 Å². The summed E-state index contributed by atoms with van der Waals surface area (Å²) in [5.41, 5.74) is 19.3. The van der Waals surface area contributed by atoms with E-state index in [2.05, 4.69) is 106 Å². The predicted molar refractivity (Wildman–Crippen MR) is 180 cm³/mol. The summed E-state index contributed by atoms with van der Waals surface area (Å²) in [6.45, 7) is 37.6. The Balaban J connectivity index is 1.73. The van der Waals surface area contributed by atoms with E-state index >= 15 is 0 Å². The maximum atomic E-state index is 4.88. The molecular weight excluding hydrogens is 492 g/mol. The van der Waals surface area contributed by atoms with E-state index in [1.54, 1.807) is 0 Å². The zero-order valence-corrected chi connectivity index (χ0v) is 27.6. The molecule has 0 unspecified atom stereocenters. The first-order valence-corrected chi connectivity index (χ1v) is 15.8. The van der Waals surface area contributed by atoms with Crippen molar-refractivity contribution in [2.24, 2.45) is 22.2 Å². The van der Waals surface area contributed by atoms with Gasteiger partial charge in [-0.25, -0.2) is 0 Å². The number of rotatable bonds is 5. The van der Waals surface area contributed by atoms with Crippen LogP contribution in [-0.2, 0) is 19.3 Å². The quantitative estimate of drug-likeness (QED) is 0.351. The molecule has 41 heavy (non-hydrogen) atoms. The van der Waals surface area contributed by atoms with Crippen LogP contribution in [0.25, 0.3) is 16.7 Å². The molecule has 0 aliphatic heterocycles. The number of aryl methyl sites for hydroxylation is 2. The molecule has 2 aromatic carbocycles. The Bertz CT molecular complexity index is 1570. The monoisotopic (exact) mass is 544 g/mol. The van der Waals surface area contributed by atoms with Gasteiger partial charge in [0.25, 0.3) is 0 Å². The smallest absolute Gasteiger partial charge is 0.0194 e. The second-order valence-corrected chi connectivity index (χ2v) is 14.9. The van der Waals surface area contributed by atoms with Gasteiger partial charge < -0.3 is 0 Å². The Morgan fingerprint density at radius 1 is 0.951 bits per heavy atom. The summed E-state index contributed by atoms with van der Waals surface area (Å²) in [7, 11) is 0. The lowest BCUT2D eigenvalue weighted by molar-refractivity contribution is 0.0544. The first kappa shape index (κ1) is 29.6. The fraction of sp³-hybridized carbons (Fsp3) is 0.463. The van der Waals surface area contributed by atoms with Crippen LogP contribution in [0.3, 0.4) is 0 Å². The van der Waals surface area contributed by atoms with Crippen LogP contribution in [-0.4, -0.2) is 0 Å². The highest BCUT2D eigenvalue weighted by molar-refractivity contribution is 5.90. The van der Waals surface area contributed by atoms with Crippen LogP contribution in [0.4, 0.5) is 0 Å². The number of fused-ring (bicyclic) bond motifs is 3. The van der Waals surface area contributed by atoms with Crippen LogP contribution >= 0.6 is 0 Å². The van der Waals surface area contributed by atoms with E-state index in [4.69, 9.17) is 13.2 Å². The Labute approximate surface area is 251 Å². The zero-order chi connectivity index (χ0) is 30.2. The summed E-state index contributed by atoms with van der Waals surface area (Å²) in [6.07, 6.45) is 5.47. The summed E-state index contributed by atoms with van der Waals surface area (Å²) < 4.78 is 0. The van der Waals surface area contributed by atoms with Gasteiger partial charge in [-0.3, -0.25) is 0 Å². The highest BCUT2D eigenvalue weighted by Crippen LogP contribution is 2.70. The summed E-state index contributed by atoms with van der Waals surface area (Å²) in [4.78, 5) is 0. The highest BCUT2D eigenvalue weighted by atomic mass is 14.6. The van der Waals surface area contributed by atoms with Crippen LogP contribution < -0.4 is 0 Å². The third kappa shape index (κ3) is 4.23. The Morgan fingerprint density at radius 2 is 1.63 bits per heavy atom.